The van der Waals surface area contributed by atoms with Crippen molar-refractivity contribution in [3.8, 4) is 0 Å². The molecule has 0 unspecified atom stereocenters. The molecule has 0 nitrogen and oxygen atoms in total. The molecular weight excluding hydrogens is 292 g/mol. The highest BCUT2D eigenvalue weighted by Gasteiger charge is 2.67. The molecule has 0 radical (unpaired) electrons. The van der Waals surface area contributed by atoms with Crippen molar-refractivity contribution in [1.82, 2.24) is 0 Å². The van der Waals surface area contributed by atoms with Crippen LogP contribution in [0.1, 0.15) is 8.22 Å². The van der Waals surface area contributed by atoms with Crippen molar-refractivity contribution in [1.29, 1.82) is 0 Å². The minimum Gasteiger partial charge on any atom is -0.168 e. The molecule has 0 aliphatic rings. The predicted octanol–water partition coefficient (Wildman–Crippen LogP) is 5.80. The summed E-state index contributed by atoms with van der Waals surface area (Å²) in [5.74, 6) is 0. The number of rotatable bonds is 4. The SMILES string of the molecule is [2H]C([2H])([2H])[Si](C)(C([2H])([2H])[2H])C([Si](C)(C)C)([Si](C)(C)C)[Si](C)(C)Cl. The van der Waals surface area contributed by atoms with Gasteiger partial charge in [0.25, 0.3) is 0 Å². The fourth-order valence-corrected chi connectivity index (χ4v) is 51.8. The second-order valence-electron chi connectivity index (χ2n) is 7.85. The highest BCUT2D eigenvalue weighted by molar-refractivity contribution is 7.41. The van der Waals surface area contributed by atoms with Crippen LogP contribution in [0.4, 0.5) is 0 Å². The zero-order chi connectivity index (χ0) is 19.5. The van der Waals surface area contributed by atoms with E-state index in [0.717, 1.165) is 0 Å². The smallest absolute Gasteiger partial charge is 0.148 e. The number of hydrogen-bond acceptors (Lipinski definition) is 0. The van der Waals surface area contributed by atoms with E-state index in [1.165, 1.54) is 0 Å². The molecule has 0 rings (SSSR count). The van der Waals surface area contributed by atoms with Gasteiger partial charge >= 0.3 is 0 Å². The van der Waals surface area contributed by atoms with E-state index in [0.29, 0.717) is 0 Å². The van der Waals surface area contributed by atoms with Crippen LogP contribution in [-0.4, -0.2) is 31.6 Å². The maximum atomic E-state index is 8.28. The van der Waals surface area contributed by atoms with Crippen LogP contribution in [0.25, 0.3) is 0 Å². The van der Waals surface area contributed by atoms with E-state index in [9.17, 15) is 0 Å². The van der Waals surface area contributed by atoms with Crippen molar-refractivity contribution in [2.75, 3.05) is 0 Å². The highest BCUT2D eigenvalue weighted by Crippen LogP contribution is 2.60. The zero-order valence-corrected chi connectivity index (χ0v) is 17.6. The lowest BCUT2D eigenvalue weighted by molar-refractivity contribution is 1.20. The number of halogens is 1. The normalized spacial score (nSPS) is 22.9. The lowest BCUT2D eigenvalue weighted by Crippen LogP contribution is -2.74. The molecule has 0 heterocycles. The molecule has 0 aromatic carbocycles. The Kier molecular flexibility index (Phi) is 2.71. The van der Waals surface area contributed by atoms with E-state index in [4.69, 9.17) is 19.3 Å². The molecule has 0 fully saturated rings. The van der Waals surface area contributed by atoms with Crippen molar-refractivity contribution < 1.29 is 8.22 Å². The highest BCUT2D eigenvalue weighted by atomic mass is 35.6. The fourth-order valence-electron chi connectivity index (χ4n) is 5.00. The van der Waals surface area contributed by atoms with Crippen LogP contribution in [-0.2, 0) is 0 Å². The standard InChI is InChI=1S/C12H33ClSi4/c1-14(2,3)12(15(4,5)6,16(7,8)9)17(10,11)13/h1-11H3/i1D3,2D3. The predicted molar refractivity (Wildman–Crippen MR) is 96.1 cm³/mol. The van der Waals surface area contributed by atoms with Gasteiger partial charge in [-0.1, -0.05) is 71.9 Å². The van der Waals surface area contributed by atoms with Gasteiger partial charge in [0, 0.05) is 32.4 Å². The third kappa shape index (κ3) is 2.86. The summed E-state index contributed by atoms with van der Waals surface area (Å²) in [6.45, 7) is 13.4. The van der Waals surface area contributed by atoms with E-state index in [2.05, 4.69) is 39.3 Å². The van der Waals surface area contributed by atoms with E-state index in [1.54, 1.807) is 6.55 Å². The average Bonchev–Trinajstić information content (AvgIpc) is 2.05. The van der Waals surface area contributed by atoms with Crippen molar-refractivity contribution in [3.63, 3.8) is 0 Å². The lowest BCUT2D eigenvalue weighted by atomic mass is 11.6. The van der Waals surface area contributed by atoms with Gasteiger partial charge in [-0.2, -0.15) is 11.1 Å². The first kappa shape index (κ1) is 9.97. The summed E-state index contributed by atoms with van der Waals surface area (Å²) in [5.41, 5.74) is 0. The minimum atomic E-state index is -3.79. The number of hydrogen-bond donors (Lipinski definition) is 0. The van der Waals surface area contributed by atoms with E-state index < -0.39 is 48.5 Å². The Morgan fingerprint density at radius 3 is 1.06 bits per heavy atom. The molecule has 5 heteroatoms. The van der Waals surface area contributed by atoms with E-state index in [-0.39, 0.29) is 0 Å². The summed E-state index contributed by atoms with van der Waals surface area (Å²) < 4.78 is 49.0. The van der Waals surface area contributed by atoms with Crippen LogP contribution < -0.4 is 0 Å². The third-order valence-corrected chi connectivity index (χ3v) is 37.6. The van der Waals surface area contributed by atoms with Crippen molar-refractivity contribution >= 4 is 42.7 Å². The topological polar surface area (TPSA) is 0 Å². The van der Waals surface area contributed by atoms with Gasteiger partial charge in [-0.25, -0.2) is 0 Å². The van der Waals surface area contributed by atoms with Crippen LogP contribution in [0, 0.1) is 0 Å². The molecule has 0 aromatic rings. The molecule has 0 saturated carbocycles. The summed E-state index contributed by atoms with van der Waals surface area (Å²) in [6.07, 6.45) is 0. The van der Waals surface area contributed by atoms with Gasteiger partial charge in [0.2, 0.25) is 0 Å². The van der Waals surface area contributed by atoms with Crippen LogP contribution in [0.2, 0.25) is 75.8 Å². The van der Waals surface area contributed by atoms with Gasteiger partial charge in [-0.15, -0.1) is 0 Å². The molecule has 0 amide bonds. The summed E-state index contributed by atoms with van der Waals surface area (Å²) >= 11 is 7.06. The summed E-state index contributed by atoms with van der Waals surface area (Å²) in [7, 11) is -10.9. The van der Waals surface area contributed by atoms with Gasteiger partial charge in [-0.3, -0.25) is 0 Å². The van der Waals surface area contributed by atoms with Crippen LogP contribution in [0.5, 0.6) is 0 Å². The Bertz CT molecular complexity index is 389. The maximum Gasteiger partial charge on any atom is 0.148 e. The second-order valence-corrected chi connectivity index (χ2v) is 30.9. The molecule has 0 saturated heterocycles. The first-order chi connectivity index (χ1) is 9.50. The lowest BCUT2D eigenvalue weighted by Gasteiger charge is -2.64. The van der Waals surface area contributed by atoms with Crippen molar-refractivity contribution in [2.24, 2.45) is 0 Å². The Morgan fingerprint density at radius 1 is 0.706 bits per heavy atom. The Morgan fingerprint density at radius 2 is 1.00 bits per heavy atom. The largest absolute Gasteiger partial charge is 0.168 e. The van der Waals surface area contributed by atoms with Crippen molar-refractivity contribution in [3.05, 3.63) is 0 Å². The monoisotopic (exact) mass is 330 g/mol. The van der Waals surface area contributed by atoms with E-state index >= 15 is 0 Å². The molecule has 0 atom stereocenters. The second kappa shape index (κ2) is 4.61. The van der Waals surface area contributed by atoms with Gasteiger partial charge in [0.1, 0.15) is 7.38 Å². The molecular formula is C12H33ClSi4. The van der Waals surface area contributed by atoms with Crippen molar-refractivity contribution in [2.45, 2.75) is 75.8 Å². The van der Waals surface area contributed by atoms with Gasteiger partial charge in [-0.05, 0) is 3.91 Å². The van der Waals surface area contributed by atoms with Crippen LogP contribution >= 0.6 is 11.1 Å². The first-order valence-electron chi connectivity index (χ1n) is 9.19. The van der Waals surface area contributed by atoms with Gasteiger partial charge < -0.3 is 0 Å². The zero-order valence-electron chi connectivity index (χ0n) is 18.9. The molecule has 0 N–H and O–H groups in total. The van der Waals surface area contributed by atoms with E-state index in [1.807, 2.05) is 13.1 Å². The summed E-state index contributed by atoms with van der Waals surface area (Å²) in [4.78, 5) is 0. The average molecular weight is 331 g/mol. The van der Waals surface area contributed by atoms with Gasteiger partial charge in [0.15, 0.2) is 0 Å². The van der Waals surface area contributed by atoms with Crippen LogP contribution in [0.3, 0.4) is 0 Å². The molecule has 0 bridgehead atoms. The Labute approximate surface area is 127 Å². The molecule has 0 spiro atoms. The quantitative estimate of drug-likeness (QED) is 0.451. The Balaban J connectivity index is 7.46. The molecule has 0 aliphatic carbocycles. The third-order valence-electron chi connectivity index (χ3n) is 3.89. The fraction of sp³-hybridized carbons (Fsp3) is 1.00. The molecule has 0 aromatic heterocycles. The maximum absolute atomic E-state index is 8.28. The first-order valence-corrected chi connectivity index (χ1v) is 19.7. The van der Waals surface area contributed by atoms with Gasteiger partial charge in [0.05, 0.1) is 0 Å². The molecule has 0 aliphatic heterocycles. The summed E-state index contributed by atoms with van der Waals surface area (Å²) in [6, 6.07) is 0. The minimum absolute atomic E-state index is 0.669. The van der Waals surface area contributed by atoms with Crippen LogP contribution in [0.15, 0.2) is 0 Å². The molecule has 17 heavy (non-hydrogen) atoms. The Hall–Kier alpha value is 1.16. The summed E-state index contributed by atoms with van der Waals surface area (Å²) in [5, 5.41) is 0. The molecule has 104 valence electrons.